The molecular formula is C23H24FN3O3. The molecule has 1 aromatic heterocycles. The third-order valence-corrected chi connectivity index (χ3v) is 7.11. The standard InChI is InChI=1S/C23H24FN3O3/c1-21(2)22(8-3-9-22)23(13-29-20(25)27-23)16-10-14(4-7-19(16)30-21)11-18(28)17-6-5-15(24)12-26-17/h4-7,10,12H,3,8-9,11,13H2,1-2H3,(H2,25,27). The number of ketones is 1. The third-order valence-electron chi connectivity index (χ3n) is 7.11. The van der Waals surface area contributed by atoms with Crippen LogP contribution in [0.1, 0.15) is 54.7 Å². The molecule has 1 fully saturated rings. The Bertz CT molecular complexity index is 1060. The molecule has 2 aromatic rings. The number of Topliss-reactive ketones (excluding diaryl/α,β-unsaturated/α-hetero) is 1. The number of aliphatic imine (C=N–C) groups is 1. The van der Waals surface area contributed by atoms with Crippen LogP contribution in [0.3, 0.4) is 0 Å². The second kappa shape index (κ2) is 6.27. The molecule has 1 aliphatic carbocycles. The van der Waals surface area contributed by atoms with Crippen molar-refractivity contribution in [1.82, 2.24) is 4.98 Å². The van der Waals surface area contributed by atoms with Crippen molar-refractivity contribution in [2.75, 3.05) is 6.61 Å². The van der Waals surface area contributed by atoms with Gasteiger partial charge in [0.15, 0.2) is 5.78 Å². The lowest BCUT2D eigenvalue weighted by Crippen LogP contribution is -2.66. The van der Waals surface area contributed by atoms with E-state index in [-0.39, 0.29) is 29.3 Å². The molecule has 6 nitrogen and oxygen atoms in total. The predicted octanol–water partition coefficient (Wildman–Crippen LogP) is 3.53. The van der Waals surface area contributed by atoms with Crippen LogP contribution in [-0.2, 0) is 16.7 Å². The van der Waals surface area contributed by atoms with Crippen LogP contribution in [0.15, 0.2) is 41.5 Å². The number of rotatable bonds is 3. The van der Waals surface area contributed by atoms with E-state index in [2.05, 4.69) is 18.8 Å². The normalized spacial score (nSPS) is 25.1. The second-order valence-electron chi connectivity index (χ2n) is 8.94. The van der Waals surface area contributed by atoms with E-state index >= 15 is 0 Å². The van der Waals surface area contributed by atoms with Crippen molar-refractivity contribution in [3.8, 4) is 5.75 Å². The maximum Gasteiger partial charge on any atom is 0.283 e. The summed E-state index contributed by atoms with van der Waals surface area (Å²) in [5.74, 6) is 0.102. The maximum atomic E-state index is 13.1. The summed E-state index contributed by atoms with van der Waals surface area (Å²) in [7, 11) is 0. The van der Waals surface area contributed by atoms with Crippen LogP contribution in [-0.4, -0.2) is 29.0 Å². The van der Waals surface area contributed by atoms with E-state index in [9.17, 15) is 9.18 Å². The average molecular weight is 409 g/mol. The highest BCUT2D eigenvalue weighted by atomic mass is 19.1. The Morgan fingerprint density at radius 2 is 2.03 bits per heavy atom. The van der Waals surface area contributed by atoms with Gasteiger partial charge < -0.3 is 15.2 Å². The van der Waals surface area contributed by atoms with Crippen LogP contribution in [0, 0.1) is 11.2 Å². The largest absolute Gasteiger partial charge is 0.487 e. The number of fused-ring (bicyclic) bond motifs is 3. The Morgan fingerprint density at radius 3 is 2.63 bits per heavy atom. The average Bonchev–Trinajstić information content (AvgIpc) is 3.03. The van der Waals surface area contributed by atoms with E-state index in [4.69, 9.17) is 20.2 Å². The van der Waals surface area contributed by atoms with Gasteiger partial charge in [0.25, 0.3) is 6.02 Å². The molecule has 156 valence electrons. The smallest absolute Gasteiger partial charge is 0.283 e. The van der Waals surface area contributed by atoms with Gasteiger partial charge in [-0.3, -0.25) is 9.78 Å². The predicted molar refractivity (Wildman–Crippen MR) is 109 cm³/mol. The summed E-state index contributed by atoms with van der Waals surface area (Å²) in [5, 5.41) is 0. The van der Waals surface area contributed by atoms with Crippen molar-refractivity contribution in [3.05, 3.63) is 59.2 Å². The molecule has 2 aliphatic heterocycles. The number of hydrogen-bond donors (Lipinski definition) is 1. The van der Waals surface area contributed by atoms with Gasteiger partial charge in [0.05, 0.1) is 6.20 Å². The summed E-state index contributed by atoms with van der Waals surface area (Å²) in [6, 6.07) is 8.61. The zero-order chi connectivity index (χ0) is 21.1. The lowest BCUT2D eigenvalue weighted by atomic mass is 9.48. The van der Waals surface area contributed by atoms with E-state index in [0.29, 0.717) is 6.61 Å². The van der Waals surface area contributed by atoms with Crippen molar-refractivity contribution in [2.45, 2.75) is 50.7 Å². The molecular weight excluding hydrogens is 385 g/mol. The van der Waals surface area contributed by atoms with E-state index in [1.54, 1.807) is 0 Å². The molecule has 1 aromatic carbocycles. The van der Waals surface area contributed by atoms with E-state index < -0.39 is 17.0 Å². The van der Waals surface area contributed by atoms with E-state index in [1.807, 2.05) is 18.2 Å². The fourth-order valence-electron chi connectivity index (χ4n) is 5.40. The monoisotopic (exact) mass is 409 g/mol. The zero-order valence-electron chi connectivity index (χ0n) is 17.1. The topological polar surface area (TPSA) is 86.8 Å². The van der Waals surface area contributed by atoms with Crippen molar-refractivity contribution in [1.29, 1.82) is 0 Å². The number of halogens is 1. The molecule has 0 bridgehead atoms. The first-order chi connectivity index (χ1) is 14.3. The molecule has 5 rings (SSSR count). The minimum absolute atomic E-state index is 0.151. The number of ether oxygens (including phenoxy) is 2. The van der Waals surface area contributed by atoms with Crippen LogP contribution in [0.5, 0.6) is 5.75 Å². The van der Waals surface area contributed by atoms with Crippen LogP contribution >= 0.6 is 0 Å². The summed E-state index contributed by atoms with van der Waals surface area (Å²) in [6.45, 7) is 4.59. The molecule has 0 radical (unpaired) electrons. The van der Waals surface area contributed by atoms with Crippen LogP contribution in [0.4, 0.5) is 4.39 Å². The molecule has 1 unspecified atom stereocenters. The number of carbonyl (C=O) groups excluding carboxylic acids is 1. The van der Waals surface area contributed by atoms with Crippen LogP contribution in [0.25, 0.3) is 0 Å². The van der Waals surface area contributed by atoms with Gasteiger partial charge in [-0.2, -0.15) is 0 Å². The molecule has 30 heavy (non-hydrogen) atoms. The van der Waals surface area contributed by atoms with Gasteiger partial charge in [-0.05, 0) is 56.5 Å². The van der Waals surface area contributed by atoms with Gasteiger partial charge in [0.1, 0.15) is 35.0 Å². The lowest BCUT2D eigenvalue weighted by Gasteiger charge is -2.62. The summed E-state index contributed by atoms with van der Waals surface area (Å²) in [5.41, 5.74) is 6.70. The quantitative estimate of drug-likeness (QED) is 0.784. The fourth-order valence-corrected chi connectivity index (χ4v) is 5.40. The maximum absolute atomic E-state index is 13.1. The number of aromatic nitrogens is 1. The number of benzene rings is 1. The van der Waals surface area contributed by atoms with Crippen molar-refractivity contribution in [2.24, 2.45) is 16.1 Å². The highest BCUT2D eigenvalue weighted by Crippen LogP contribution is 2.67. The van der Waals surface area contributed by atoms with Gasteiger partial charge in [-0.25, -0.2) is 9.38 Å². The molecule has 3 aliphatic rings. The molecule has 0 amide bonds. The molecule has 2 spiro atoms. The van der Waals surface area contributed by atoms with Crippen LogP contribution in [0.2, 0.25) is 0 Å². The van der Waals surface area contributed by atoms with Crippen molar-refractivity contribution in [3.63, 3.8) is 0 Å². The minimum atomic E-state index is -0.625. The summed E-state index contributed by atoms with van der Waals surface area (Å²) < 4.78 is 25.3. The molecule has 0 saturated heterocycles. The Morgan fingerprint density at radius 1 is 1.23 bits per heavy atom. The van der Waals surface area contributed by atoms with E-state index in [0.717, 1.165) is 42.3 Å². The lowest BCUT2D eigenvalue weighted by molar-refractivity contribution is -0.157. The third kappa shape index (κ3) is 2.50. The Hall–Kier alpha value is -2.96. The van der Waals surface area contributed by atoms with Gasteiger partial charge in [0, 0.05) is 17.4 Å². The first kappa shape index (κ1) is 19.0. The summed E-state index contributed by atoms with van der Waals surface area (Å²) in [4.78, 5) is 21.4. The second-order valence-corrected chi connectivity index (χ2v) is 8.94. The zero-order valence-corrected chi connectivity index (χ0v) is 17.1. The van der Waals surface area contributed by atoms with Gasteiger partial charge in [-0.1, -0.05) is 12.5 Å². The van der Waals surface area contributed by atoms with Crippen LogP contribution < -0.4 is 10.5 Å². The SMILES string of the molecule is CC1(C)Oc2ccc(CC(=O)c3ccc(F)cn3)cc2C2(COC(N)=N2)C12CCC2. The number of nitrogens with zero attached hydrogens (tertiary/aromatic N) is 2. The summed E-state index contributed by atoms with van der Waals surface area (Å²) >= 11 is 0. The molecule has 1 saturated carbocycles. The first-order valence-corrected chi connectivity index (χ1v) is 10.2. The molecule has 3 heterocycles. The molecule has 1 atom stereocenters. The fraction of sp³-hybridized carbons (Fsp3) is 0.435. The molecule has 7 heteroatoms. The van der Waals surface area contributed by atoms with Gasteiger partial charge in [0.2, 0.25) is 0 Å². The number of carbonyl (C=O) groups is 1. The Balaban J connectivity index is 1.56. The number of nitrogens with two attached hydrogens (primary N) is 1. The number of amidine groups is 1. The van der Waals surface area contributed by atoms with Crippen molar-refractivity contribution < 1.29 is 18.7 Å². The minimum Gasteiger partial charge on any atom is -0.487 e. The van der Waals surface area contributed by atoms with Gasteiger partial charge >= 0.3 is 0 Å². The highest BCUT2D eigenvalue weighted by Gasteiger charge is 2.69. The van der Waals surface area contributed by atoms with Gasteiger partial charge in [-0.15, -0.1) is 0 Å². The number of pyridine rings is 1. The van der Waals surface area contributed by atoms with E-state index in [1.165, 1.54) is 12.1 Å². The first-order valence-electron chi connectivity index (χ1n) is 10.2. The Kier molecular flexibility index (Phi) is 3.98. The summed E-state index contributed by atoms with van der Waals surface area (Å²) in [6.07, 6.45) is 4.26. The molecule has 2 N–H and O–H groups in total. The Labute approximate surface area is 174 Å². The highest BCUT2D eigenvalue weighted by molar-refractivity contribution is 5.95. The number of hydrogen-bond acceptors (Lipinski definition) is 6. The van der Waals surface area contributed by atoms with Crippen molar-refractivity contribution >= 4 is 11.8 Å².